The van der Waals surface area contributed by atoms with E-state index in [1.54, 1.807) is 0 Å². The Morgan fingerprint density at radius 3 is 2.76 bits per heavy atom. The van der Waals surface area contributed by atoms with Gasteiger partial charge in [-0.25, -0.2) is 5.43 Å². The monoisotopic (exact) mass is 286 g/mol. The number of rotatable bonds is 5. The van der Waals surface area contributed by atoms with E-state index in [0.717, 1.165) is 17.5 Å². The van der Waals surface area contributed by atoms with Crippen molar-refractivity contribution < 1.29 is 9.53 Å². The Balaban J connectivity index is 1.45. The van der Waals surface area contributed by atoms with Gasteiger partial charge < -0.3 is 4.74 Å². The number of fused-ring (bicyclic) bond motifs is 2. The summed E-state index contributed by atoms with van der Waals surface area (Å²) in [6.07, 6.45) is 5.30. The van der Waals surface area contributed by atoms with Gasteiger partial charge in [-0.05, 0) is 50.2 Å². The summed E-state index contributed by atoms with van der Waals surface area (Å²) in [5.74, 6) is 2.74. The van der Waals surface area contributed by atoms with Crippen LogP contribution in [-0.4, -0.2) is 18.2 Å². The Labute approximate surface area is 125 Å². The highest BCUT2D eigenvalue weighted by atomic mass is 16.5. The predicted octanol–water partition coefficient (Wildman–Crippen LogP) is 2.99. The molecule has 1 aromatic rings. The molecule has 2 fully saturated rings. The van der Waals surface area contributed by atoms with Crippen molar-refractivity contribution in [2.45, 2.75) is 32.6 Å². The topological polar surface area (TPSA) is 50.7 Å². The van der Waals surface area contributed by atoms with Crippen molar-refractivity contribution in [2.75, 3.05) is 6.61 Å². The lowest BCUT2D eigenvalue weighted by Gasteiger charge is -2.21. The Morgan fingerprint density at radius 2 is 2.10 bits per heavy atom. The lowest BCUT2D eigenvalue weighted by atomic mass is 9.86. The largest absolute Gasteiger partial charge is 0.484 e. The molecule has 3 unspecified atom stereocenters. The molecular weight excluding hydrogens is 264 g/mol. The van der Waals surface area contributed by atoms with Crippen LogP contribution in [0.3, 0.4) is 0 Å². The normalized spacial score (nSPS) is 27.7. The van der Waals surface area contributed by atoms with Gasteiger partial charge in [0.1, 0.15) is 5.75 Å². The molecule has 1 N–H and O–H groups in total. The summed E-state index contributed by atoms with van der Waals surface area (Å²) < 4.78 is 5.39. The first-order valence-corrected chi connectivity index (χ1v) is 7.73. The number of para-hydroxylation sites is 1. The standard InChI is InChI=1S/C17H22N2O2/c1-12(16-10-13-7-8-14(16)9-13)18-19-17(20)11-21-15-5-3-2-4-6-15/h2-6,13-14,16H,7-11H2,1H3,(H,19,20)/b18-12+. The van der Waals surface area contributed by atoms with Gasteiger partial charge in [0, 0.05) is 11.6 Å². The minimum absolute atomic E-state index is 0.00247. The van der Waals surface area contributed by atoms with E-state index in [0.29, 0.717) is 11.7 Å². The van der Waals surface area contributed by atoms with Gasteiger partial charge in [0.15, 0.2) is 6.61 Å². The van der Waals surface area contributed by atoms with Crippen molar-refractivity contribution in [3.63, 3.8) is 0 Å². The lowest BCUT2D eigenvalue weighted by Crippen LogP contribution is -2.28. The minimum atomic E-state index is -0.207. The molecule has 0 spiro atoms. The van der Waals surface area contributed by atoms with E-state index in [-0.39, 0.29) is 12.5 Å². The van der Waals surface area contributed by atoms with E-state index in [2.05, 4.69) is 10.5 Å². The molecule has 21 heavy (non-hydrogen) atoms. The molecule has 0 saturated heterocycles. The average molecular weight is 286 g/mol. The molecule has 1 aromatic carbocycles. The third-order valence-corrected chi connectivity index (χ3v) is 4.74. The van der Waals surface area contributed by atoms with E-state index >= 15 is 0 Å². The van der Waals surface area contributed by atoms with Gasteiger partial charge in [0.05, 0.1) is 0 Å². The fourth-order valence-electron chi connectivity index (χ4n) is 3.69. The zero-order valence-electron chi connectivity index (χ0n) is 12.4. The molecule has 3 rings (SSSR count). The van der Waals surface area contributed by atoms with Crippen LogP contribution in [0, 0.1) is 17.8 Å². The summed E-state index contributed by atoms with van der Waals surface area (Å²) in [5, 5.41) is 4.27. The first-order chi connectivity index (χ1) is 10.2. The predicted molar refractivity (Wildman–Crippen MR) is 82.1 cm³/mol. The summed E-state index contributed by atoms with van der Waals surface area (Å²) in [4.78, 5) is 11.8. The van der Waals surface area contributed by atoms with Crippen LogP contribution in [0.2, 0.25) is 0 Å². The molecule has 0 radical (unpaired) electrons. The SMILES string of the molecule is C/C(=N\NC(=O)COc1ccccc1)C1CC2CCC1C2. The molecule has 0 aromatic heterocycles. The first-order valence-electron chi connectivity index (χ1n) is 7.73. The van der Waals surface area contributed by atoms with Crippen molar-refractivity contribution in [1.82, 2.24) is 5.43 Å². The Morgan fingerprint density at radius 1 is 1.29 bits per heavy atom. The number of hydrogen-bond donors (Lipinski definition) is 1. The molecule has 0 aliphatic heterocycles. The van der Waals surface area contributed by atoms with E-state index < -0.39 is 0 Å². The van der Waals surface area contributed by atoms with Crippen molar-refractivity contribution in [2.24, 2.45) is 22.9 Å². The van der Waals surface area contributed by atoms with E-state index in [1.165, 1.54) is 25.7 Å². The molecule has 4 heteroatoms. The highest BCUT2D eigenvalue weighted by molar-refractivity contribution is 5.87. The molecule has 2 aliphatic carbocycles. The van der Waals surface area contributed by atoms with Gasteiger partial charge in [-0.1, -0.05) is 24.6 Å². The number of nitrogens with one attached hydrogen (secondary N) is 1. The molecule has 3 atom stereocenters. The highest BCUT2D eigenvalue weighted by Gasteiger charge is 2.40. The van der Waals surface area contributed by atoms with Crippen LogP contribution in [0.5, 0.6) is 5.75 Å². The number of carbonyl (C=O) groups excluding carboxylic acids is 1. The van der Waals surface area contributed by atoms with E-state index in [4.69, 9.17) is 4.74 Å². The van der Waals surface area contributed by atoms with Crippen LogP contribution in [0.25, 0.3) is 0 Å². The van der Waals surface area contributed by atoms with Gasteiger partial charge >= 0.3 is 0 Å². The van der Waals surface area contributed by atoms with Crippen molar-refractivity contribution in [3.8, 4) is 5.75 Å². The Bertz CT molecular complexity index is 527. The minimum Gasteiger partial charge on any atom is -0.484 e. The fourth-order valence-corrected chi connectivity index (χ4v) is 3.69. The fraction of sp³-hybridized carbons (Fsp3) is 0.529. The van der Waals surface area contributed by atoms with Crippen LogP contribution in [0.15, 0.2) is 35.4 Å². The van der Waals surface area contributed by atoms with Crippen LogP contribution in [-0.2, 0) is 4.79 Å². The number of amides is 1. The molecule has 2 bridgehead atoms. The van der Waals surface area contributed by atoms with Gasteiger partial charge in [-0.15, -0.1) is 0 Å². The second-order valence-corrected chi connectivity index (χ2v) is 6.17. The van der Waals surface area contributed by atoms with Crippen molar-refractivity contribution >= 4 is 11.6 Å². The number of benzene rings is 1. The van der Waals surface area contributed by atoms with Gasteiger partial charge in [-0.2, -0.15) is 5.10 Å². The third-order valence-electron chi connectivity index (χ3n) is 4.74. The lowest BCUT2D eigenvalue weighted by molar-refractivity contribution is -0.123. The number of hydrogen-bond acceptors (Lipinski definition) is 3. The zero-order valence-corrected chi connectivity index (χ0v) is 12.4. The molecule has 4 nitrogen and oxygen atoms in total. The van der Waals surface area contributed by atoms with Crippen LogP contribution in [0.1, 0.15) is 32.6 Å². The molecule has 2 aliphatic rings. The number of hydrazone groups is 1. The van der Waals surface area contributed by atoms with Crippen LogP contribution < -0.4 is 10.2 Å². The van der Waals surface area contributed by atoms with Crippen LogP contribution in [0.4, 0.5) is 0 Å². The quantitative estimate of drug-likeness (QED) is 0.668. The van der Waals surface area contributed by atoms with Crippen molar-refractivity contribution in [1.29, 1.82) is 0 Å². The number of nitrogens with zero attached hydrogens (tertiary/aromatic N) is 1. The van der Waals surface area contributed by atoms with Crippen molar-refractivity contribution in [3.05, 3.63) is 30.3 Å². The van der Waals surface area contributed by atoms with Gasteiger partial charge in [0.25, 0.3) is 5.91 Å². The zero-order chi connectivity index (χ0) is 14.7. The maximum atomic E-state index is 11.8. The summed E-state index contributed by atoms with van der Waals surface area (Å²) in [7, 11) is 0. The second kappa shape index (κ2) is 6.29. The summed E-state index contributed by atoms with van der Waals surface area (Å²) >= 11 is 0. The number of ether oxygens (including phenoxy) is 1. The Hall–Kier alpha value is -1.84. The summed E-state index contributed by atoms with van der Waals surface area (Å²) in [6, 6.07) is 9.33. The summed E-state index contributed by atoms with van der Waals surface area (Å²) in [5.41, 5.74) is 3.68. The molecule has 1 amide bonds. The Kier molecular flexibility index (Phi) is 4.23. The first kappa shape index (κ1) is 14.1. The third kappa shape index (κ3) is 3.43. The summed E-state index contributed by atoms with van der Waals surface area (Å²) in [6.45, 7) is 2.03. The highest BCUT2D eigenvalue weighted by Crippen LogP contribution is 2.48. The van der Waals surface area contributed by atoms with Gasteiger partial charge in [-0.3, -0.25) is 4.79 Å². The maximum Gasteiger partial charge on any atom is 0.277 e. The molecule has 0 heterocycles. The average Bonchev–Trinajstić information content (AvgIpc) is 3.14. The second-order valence-electron chi connectivity index (χ2n) is 6.17. The van der Waals surface area contributed by atoms with E-state index in [1.807, 2.05) is 37.3 Å². The van der Waals surface area contributed by atoms with Crippen LogP contribution >= 0.6 is 0 Å². The van der Waals surface area contributed by atoms with Gasteiger partial charge in [0.2, 0.25) is 0 Å². The van der Waals surface area contributed by atoms with E-state index in [9.17, 15) is 4.79 Å². The smallest absolute Gasteiger partial charge is 0.277 e. The molecule has 112 valence electrons. The number of carbonyl (C=O) groups is 1. The maximum absolute atomic E-state index is 11.8. The molecule has 2 saturated carbocycles. The molecular formula is C17H22N2O2.